The molecule has 3 heteroatoms. The fraction of sp³-hybridized carbons (Fsp3) is 0.0811. The van der Waals surface area contributed by atoms with Crippen molar-refractivity contribution in [1.29, 1.82) is 0 Å². The number of aromatic nitrogens is 3. The Bertz CT molecular complexity index is 2080. The van der Waals surface area contributed by atoms with E-state index >= 15 is 0 Å². The summed E-state index contributed by atoms with van der Waals surface area (Å²) in [5.41, 5.74) is 11.6. The van der Waals surface area contributed by atoms with Gasteiger partial charge in [-0.3, -0.25) is 0 Å². The number of para-hydroxylation sites is 2. The van der Waals surface area contributed by atoms with Crippen LogP contribution in [0.25, 0.3) is 61.4 Å². The van der Waals surface area contributed by atoms with Crippen molar-refractivity contribution in [2.24, 2.45) is 0 Å². The van der Waals surface area contributed by atoms with Crippen LogP contribution < -0.4 is 0 Å². The van der Waals surface area contributed by atoms with Gasteiger partial charge in [0.25, 0.3) is 0 Å². The van der Waals surface area contributed by atoms with Crippen LogP contribution in [0.5, 0.6) is 0 Å². The topological polar surface area (TPSA) is 30.7 Å². The van der Waals surface area contributed by atoms with Gasteiger partial charge in [0.1, 0.15) is 0 Å². The van der Waals surface area contributed by atoms with Crippen molar-refractivity contribution in [2.75, 3.05) is 0 Å². The van der Waals surface area contributed by atoms with Crippen molar-refractivity contribution in [3.63, 3.8) is 0 Å². The first-order chi connectivity index (χ1) is 19.6. The van der Waals surface area contributed by atoms with Crippen molar-refractivity contribution >= 4 is 21.8 Å². The van der Waals surface area contributed by atoms with Gasteiger partial charge in [0.05, 0.1) is 22.4 Å². The second-order valence-corrected chi connectivity index (χ2v) is 11.1. The number of rotatable bonds is 3. The first-order valence-corrected chi connectivity index (χ1v) is 13.8. The highest BCUT2D eigenvalue weighted by molar-refractivity contribution is 5.99. The third kappa shape index (κ3) is 3.24. The van der Waals surface area contributed by atoms with E-state index < -0.39 is 0 Å². The zero-order valence-corrected chi connectivity index (χ0v) is 22.5. The maximum absolute atomic E-state index is 5.14. The Balaban J connectivity index is 1.38. The van der Waals surface area contributed by atoms with Gasteiger partial charge in [-0.1, -0.05) is 117 Å². The van der Waals surface area contributed by atoms with E-state index in [9.17, 15) is 0 Å². The largest absolute Gasteiger partial charge is 0.309 e. The summed E-state index contributed by atoms with van der Waals surface area (Å²) in [7, 11) is 0. The Kier molecular flexibility index (Phi) is 4.86. The lowest BCUT2D eigenvalue weighted by atomic mass is 9.81. The van der Waals surface area contributed by atoms with Gasteiger partial charge in [-0.15, -0.1) is 0 Å². The second-order valence-electron chi connectivity index (χ2n) is 11.1. The van der Waals surface area contributed by atoms with E-state index in [4.69, 9.17) is 9.97 Å². The third-order valence-electron chi connectivity index (χ3n) is 8.37. The molecule has 0 unspecified atom stereocenters. The molecule has 0 amide bonds. The quantitative estimate of drug-likeness (QED) is 0.236. The molecule has 0 N–H and O–H groups in total. The zero-order chi connectivity index (χ0) is 26.8. The van der Waals surface area contributed by atoms with Crippen LogP contribution >= 0.6 is 0 Å². The molecule has 0 bridgehead atoms. The van der Waals surface area contributed by atoms with Crippen LogP contribution in [-0.4, -0.2) is 14.5 Å². The molecule has 2 heterocycles. The van der Waals surface area contributed by atoms with Crippen LogP contribution in [0.4, 0.5) is 0 Å². The number of fused-ring (bicyclic) bond motifs is 6. The molecular weight excluding hydrogens is 486 g/mol. The minimum absolute atomic E-state index is 0.0829. The van der Waals surface area contributed by atoms with Crippen LogP contribution in [0.15, 0.2) is 127 Å². The number of nitrogens with zero attached hydrogens (tertiary/aromatic N) is 3. The summed E-state index contributed by atoms with van der Waals surface area (Å²) in [6, 6.07) is 45.0. The van der Waals surface area contributed by atoms with E-state index in [0.29, 0.717) is 0 Å². The molecule has 0 spiro atoms. The smallest absolute Gasteiger partial charge is 0.160 e. The van der Waals surface area contributed by atoms with Crippen LogP contribution in [0.1, 0.15) is 25.0 Å². The molecule has 0 atom stereocenters. The molecule has 3 nitrogen and oxygen atoms in total. The number of hydrogen-bond acceptors (Lipinski definition) is 2. The maximum Gasteiger partial charge on any atom is 0.160 e. The first-order valence-electron chi connectivity index (χ1n) is 13.8. The fourth-order valence-corrected chi connectivity index (χ4v) is 6.57. The maximum atomic E-state index is 5.14. The van der Waals surface area contributed by atoms with Crippen molar-refractivity contribution in [2.45, 2.75) is 19.3 Å². The van der Waals surface area contributed by atoms with Gasteiger partial charge in [-0.05, 0) is 35.4 Å². The molecule has 40 heavy (non-hydrogen) atoms. The van der Waals surface area contributed by atoms with Gasteiger partial charge in [0, 0.05) is 38.6 Å². The molecule has 5 aromatic carbocycles. The molecule has 0 radical (unpaired) electrons. The lowest BCUT2D eigenvalue weighted by Gasteiger charge is -2.21. The summed E-state index contributed by atoms with van der Waals surface area (Å²) < 4.78 is 2.43. The molecule has 0 saturated heterocycles. The van der Waals surface area contributed by atoms with Crippen molar-refractivity contribution in [3.05, 3.63) is 139 Å². The monoisotopic (exact) mass is 513 g/mol. The zero-order valence-electron chi connectivity index (χ0n) is 22.5. The summed E-state index contributed by atoms with van der Waals surface area (Å²) in [5.74, 6) is 0.730. The fourth-order valence-electron chi connectivity index (χ4n) is 6.57. The molecule has 2 aromatic heterocycles. The van der Waals surface area contributed by atoms with Gasteiger partial charge in [-0.25, -0.2) is 9.97 Å². The van der Waals surface area contributed by atoms with Crippen LogP contribution in [-0.2, 0) is 5.41 Å². The molecule has 0 aliphatic heterocycles. The normalized spacial score (nSPS) is 13.4. The van der Waals surface area contributed by atoms with Gasteiger partial charge in [-0.2, -0.15) is 0 Å². The first kappa shape index (κ1) is 22.9. The predicted octanol–water partition coefficient (Wildman–Crippen LogP) is 9.21. The number of hydrogen-bond donors (Lipinski definition) is 0. The van der Waals surface area contributed by atoms with Gasteiger partial charge >= 0.3 is 0 Å². The lowest BCUT2D eigenvalue weighted by molar-refractivity contribution is 0.666. The molecule has 1 aliphatic rings. The van der Waals surface area contributed by atoms with Crippen molar-refractivity contribution < 1.29 is 0 Å². The Morgan fingerprint density at radius 1 is 0.600 bits per heavy atom. The Morgan fingerprint density at radius 3 is 2.17 bits per heavy atom. The summed E-state index contributed by atoms with van der Waals surface area (Å²) >= 11 is 0. The molecule has 7 aromatic rings. The summed E-state index contributed by atoms with van der Waals surface area (Å²) in [6.07, 6.45) is 0. The third-order valence-corrected chi connectivity index (χ3v) is 8.37. The molecule has 0 saturated carbocycles. The van der Waals surface area contributed by atoms with E-state index in [1.165, 1.54) is 33.3 Å². The summed E-state index contributed by atoms with van der Waals surface area (Å²) in [4.78, 5) is 10.2. The Labute approximate surface area is 233 Å². The minimum Gasteiger partial charge on any atom is -0.309 e. The molecule has 8 rings (SSSR count). The molecule has 1 aliphatic carbocycles. The van der Waals surface area contributed by atoms with E-state index in [1.54, 1.807) is 0 Å². The highest BCUT2D eigenvalue weighted by Gasteiger charge is 2.40. The van der Waals surface area contributed by atoms with Crippen LogP contribution in [0.2, 0.25) is 0 Å². The van der Waals surface area contributed by atoms with E-state index in [2.05, 4.69) is 134 Å². The molecular formula is C37H27N3. The van der Waals surface area contributed by atoms with Gasteiger partial charge in [0.2, 0.25) is 0 Å². The van der Waals surface area contributed by atoms with Crippen LogP contribution in [0, 0.1) is 0 Å². The summed E-state index contributed by atoms with van der Waals surface area (Å²) in [5, 5.41) is 2.36. The average molecular weight is 514 g/mol. The Hall–Kier alpha value is -5.02. The number of benzene rings is 5. The van der Waals surface area contributed by atoms with Crippen molar-refractivity contribution in [3.8, 4) is 39.6 Å². The average Bonchev–Trinajstić information content (AvgIpc) is 3.48. The van der Waals surface area contributed by atoms with Gasteiger partial charge in [0.15, 0.2) is 5.82 Å². The highest BCUT2D eigenvalue weighted by atomic mass is 15.0. The van der Waals surface area contributed by atoms with E-state index in [0.717, 1.165) is 39.2 Å². The minimum atomic E-state index is -0.0829. The van der Waals surface area contributed by atoms with Crippen LogP contribution in [0.3, 0.4) is 0 Å². The SMILES string of the molecule is CC1(C)c2ccccc2-c2c1c1ccccc1n2-c1cccc(-c2nc(-c3ccccc3)c3ccccc3n2)c1. The molecule has 0 fully saturated rings. The van der Waals surface area contributed by atoms with Gasteiger partial charge < -0.3 is 4.57 Å². The van der Waals surface area contributed by atoms with E-state index in [1.807, 2.05) is 12.1 Å². The molecule has 190 valence electrons. The van der Waals surface area contributed by atoms with E-state index in [-0.39, 0.29) is 5.41 Å². The predicted molar refractivity (Wildman–Crippen MR) is 165 cm³/mol. The summed E-state index contributed by atoms with van der Waals surface area (Å²) in [6.45, 7) is 4.69. The second kappa shape index (κ2) is 8.49. The van der Waals surface area contributed by atoms with Crippen molar-refractivity contribution in [1.82, 2.24) is 14.5 Å². The Morgan fingerprint density at radius 2 is 1.30 bits per heavy atom. The standard InChI is InChI=1S/C37H27N3/c1-37(2)30-20-9-6-17-27(30)35-33(37)29-19-8-11-22-32(29)40(35)26-16-12-15-25(23-26)36-38-31-21-10-7-18-28(31)34(39-36)24-13-4-3-5-14-24/h3-23H,1-2H3. The lowest BCUT2D eigenvalue weighted by Crippen LogP contribution is -2.14. The highest BCUT2D eigenvalue weighted by Crippen LogP contribution is 2.53.